The zero-order valence-electron chi connectivity index (χ0n) is 16.0. The maximum absolute atomic E-state index is 3.77. The third-order valence-electron chi connectivity index (χ3n) is 5.67. The van der Waals surface area contributed by atoms with E-state index in [9.17, 15) is 0 Å². The van der Waals surface area contributed by atoms with Crippen molar-refractivity contribution < 1.29 is 0 Å². The third kappa shape index (κ3) is 2.57. The quantitative estimate of drug-likeness (QED) is 0.557. The Balaban J connectivity index is 1.61. The minimum atomic E-state index is 0.0927. The lowest BCUT2D eigenvalue weighted by atomic mass is 9.86. The second-order valence-electron chi connectivity index (χ2n) is 8.48. The average Bonchev–Trinajstić information content (AvgIpc) is 3.07. The van der Waals surface area contributed by atoms with Crippen molar-refractivity contribution in [3.63, 3.8) is 0 Å². The summed E-state index contributed by atoms with van der Waals surface area (Å²) in [5.41, 5.74) is 7.72. The van der Waals surface area contributed by atoms with Gasteiger partial charge in [-0.05, 0) is 34.7 Å². The monoisotopic (exact) mass is 355 g/mol. The Morgan fingerprint density at radius 1 is 0.704 bits per heavy atom. The van der Waals surface area contributed by atoms with E-state index in [0.717, 1.165) is 0 Å². The predicted octanol–water partition coefficient (Wildman–Crippen LogP) is 6.04. The SMILES string of the molecule is CC(C)(C)c1ccc(C2Nc3ccccc3C3Nc4ccccc4N23)cc1. The fraction of sp³-hybridized carbons (Fsp3) is 0.250. The molecule has 2 heterocycles. The Bertz CT molecular complexity index is 985. The number of hydrogen-bond donors (Lipinski definition) is 2. The molecule has 0 aromatic heterocycles. The molecular formula is C24H25N3. The summed E-state index contributed by atoms with van der Waals surface area (Å²) < 4.78 is 0. The molecule has 0 aliphatic carbocycles. The minimum absolute atomic E-state index is 0.0927. The molecular weight excluding hydrogens is 330 g/mol. The number of benzene rings is 3. The fourth-order valence-electron chi connectivity index (χ4n) is 4.19. The van der Waals surface area contributed by atoms with Crippen LogP contribution in [0.25, 0.3) is 0 Å². The highest BCUT2D eigenvalue weighted by atomic mass is 15.4. The highest BCUT2D eigenvalue weighted by molar-refractivity contribution is 5.80. The molecule has 2 N–H and O–H groups in total. The lowest BCUT2D eigenvalue weighted by molar-refractivity contribution is 0.585. The Hall–Kier alpha value is -2.94. The summed E-state index contributed by atoms with van der Waals surface area (Å²) in [5, 5.41) is 7.48. The lowest BCUT2D eigenvalue weighted by Crippen LogP contribution is -2.40. The first kappa shape index (κ1) is 16.2. The summed E-state index contributed by atoms with van der Waals surface area (Å²) in [6, 6.07) is 26.2. The van der Waals surface area contributed by atoms with E-state index >= 15 is 0 Å². The van der Waals surface area contributed by atoms with Crippen molar-refractivity contribution in [3.8, 4) is 0 Å². The van der Waals surface area contributed by atoms with Gasteiger partial charge in [0.15, 0.2) is 0 Å². The summed E-state index contributed by atoms with van der Waals surface area (Å²) in [7, 11) is 0. The molecule has 0 fully saturated rings. The van der Waals surface area contributed by atoms with Gasteiger partial charge in [0.05, 0.1) is 11.4 Å². The van der Waals surface area contributed by atoms with E-state index in [-0.39, 0.29) is 17.7 Å². The van der Waals surface area contributed by atoms with E-state index in [1.807, 2.05) is 0 Å². The molecule has 3 aromatic rings. The van der Waals surface area contributed by atoms with Gasteiger partial charge in [-0.25, -0.2) is 0 Å². The van der Waals surface area contributed by atoms with Crippen LogP contribution in [-0.2, 0) is 5.41 Å². The van der Waals surface area contributed by atoms with E-state index in [4.69, 9.17) is 0 Å². The van der Waals surface area contributed by atoms with Crippen LogP contribution in [0, 0.1) is 0 Å². The van der Waals surface area contributed by atoms with Gasteiger partial charge < -0.3 is 15.5 Å². The maximum Gasteiger partial charge on any atom is 0.130 e. The van der Waals surface area contributed by atoms with Gasteiger partial charge in [-0.1, -0.05) is 75.4 Å². The van der Waals surface area contributed by atoms with Crippen molar-refractivity contribution in [1.29, 1.82) is 0 Å². The molecule has 5 rings (SSSR count). The van der Waals surface area contributed by atoms with Gasteiger partial charge in [0, 0.05) is 11.3 Å². The molecule has 2 aliphatic rings. The number of fused-ring (bicyclic) bond motifs is 5. The van der Waals surface area contributed by atoms with Gasteiger partial charge >= 0.3 is 0 Å². The standard InChI is InChI=1S/C24H25N3/c1-24(2,3)17-14-12-16(13-15-17)22-25-19-9-5-4-8-18(19)23-26-20-10-6-7-11-21(20)27(22)23/h4-15,22-23,25-26H,1-3H3. The van der Waals surface area contributed by atoms with Crippen molar-refractivity contribution >= 4 is 17.1 Å². The molecule has 3 aromatic carbocycles. The summed E-state index contributed by atoms with van der Waals surface area (Å²) >= 11 is 0. The fourth-order valence-corrected chi connectivity index (χ4v) is 4.19. The highest BCUT2D eigenvalue weighted by Gasteiger charge is 2.40. The van der Waals surface area contributed by atoms with Crippen molar-refractivity contribution in [2.24, 2.45) is 0 Å². The first-order valence-corrected chi connectivity index (χ1v) is 9.62. The molecule has 2 atom stereocenters. The summed E-state index contributed by atoms with van der Waals surface area (Å²) in [4.78, 5) is 2.46. The van der Waals surface area contributed by atoms with Crippen LogP contribution in [-0.4, -0.2) is 0 Å². The predicted molar refractivity (Wildman–Crippen MR) is 113 cm³/mol. The van der Waals surface area contributed by atoms with Gasteiger partial charge in [0.25, 0.3) is 0 Å². The molecule has 0 saturated heterocycles. The molecule has 136 valence electrons. The maximum atomic E-state index is 3.77. The number of para-hydroxylation sites is 3. The Morgan fingerprint density at radius 2 is 1.33 bits per heavy atom. The largest absolute Gasteiger partial charge is 0.361 e. The zero-order valence-corrected chi connectivity index (χ0v) is 16.0. The highest BCUT2D eigenvalue weighted by Crippen LogP contribution is 2.50. The van der Waals surface area contributed by atoms with Gasteiger partial charge in [-0.3, -0.25) is 0 Å². The van der Waals surface area contributed by atoms with E-state index in [1.54, 1.807) is 0 Å². The lowest BCUT2D eigenvalue weighted by Gasteiger charge is -2.41. The van der Waals surface area contributed by atoms with E-state index < -0.39 is 0 Å². The van der Waals surface area contributed by atoms with Crippen LogP contribution in [0.15, 0.2) is 72.8 Å². The molecule has 0 spiro atoms. The number of nitrogens with one attached hydrogen (secondary N) is 2. The van der Waals surface area contributed by atoms with E-state index in [0.29, 0.717) is 0 Å². The number of anilines is 3. The molecule has 0 amide bonds. The van der Waals surface area contributed by atoms with Crippen molar-refractivity contribution in [2.75, 3.05) is 15.5 Å². The van der Waals surface area contributed by atoms with Gasteiger partial charge in [-0.2, -0.15) is 0 Å². The molecule has 2 unspecified atom stereocenters. The van der Waals surface area contributed by atoms with Crippen molar-refractivity contribution in [2.45, 2.75) is 38.5 Å². The molecule has 3 heteroatoms. The second-order valence-corrected chi connectivity index (χ2v) is 8.48. The summed E-state index contributed by atoms with van der Waals surface area (Å²) in [6.45, 7) is 6.77. The van der Waals surface area contributed by atoms with Crippen LogP contribution in [0.2, 0.25) is 0 Å². The molecule has 3 nitrogen and oxygen atoms in total. The Labute approximate surface area is 161 Å². The van der Waals surface area contributed by atoms with E-state index in [2.05, 4.69) is 109 Å². The molecule has 27 heavy (non-hydrogen) atoms. The molecule has 0 bridgehead atoms. The van der Waals surface area contributed by atoms with Gasteiger partial charge in [-0.15, -0.1) is 0 Å². The topological polar surface area (TPSA) is 27.3 Å². The summed E-state index contributed by atoms with van der Waals surface area (Å²) in [6.07, 6.45) is 0.238. The smallest absolute Gasteiger partial charge is 0.130 e. The van der Waals surface area contributed by atoms with Gasteiger partial charge in [0.2, 0.25) is 0 Å². The normalized spacial score (nSPS) is 20.2. The van der Waals surface area contributed by atoms with Crippen molar-refractivity contribution in [3.05, 3.63) is 89.5 Å². The third-order valence-corrected chi connectivity index (χ3v) is 5.67. The molecule has 2 aliphatic heterocycles. The average molecular weight is 355 g/mol. The molecule has 0 radical (unpaired) electrons. The van der Waals surface area contributed by atoms with Crippen LogP contribution in [0.5, 0.6) is 0 Å². The number of hydrogen-bond acceptors (Lipinski definition) is 3. The van der Waals surface area contributed by atoms with Crippen LogP contribution in [0.1, 0.15) is 49.8 Å². The van der Waals surface area contributed by atoms with Crippen LogP contribution >= 0.6 is 0 Å². The zero-order chi connectivity index (χ0) is 18.6. The van der Waals surface area contributed by atoms with Crippen LogP contribution in [0.4, 0.5) is 17.1 Å². The second kappa shape index (κ2) is 5.78. The van der Waals surface area contributed by atoms with Gasteiger partial charge in [0.1, 0.15) is 12.3 Å². The van der Waals surface area contributed by atoms with Crippen molar-refractivity contribution in [1.82, 2.24) is 0 Å². The first-order chi connectivity index (χ1) is 13.0. The van der Waals surface area contributed by atoms with Crippen LogP contribution < -0.4 is 15.5 Å². The first-order valence-electron chi connectivity index (χ1n) is 9.62. The summed E-state index contributed by atoms with van der Waals surface area (Å²) in [5.74, 6) is 0. The Morgan fingerprint density at radius 3 is 2.07 bits per heavy atom. The molecule has 0 saturated carbocycles. The van der Waals surface area contributed by atoms with Crippen LogP contribution in [0.3, 0.4) is 0 Å². The number of rotatable bonds is 1. The minimum Gasteiger partial charge on any atom is -0.361 e. The Kier molecular flexibility index (Phi) is 3.48. The van der Waals surface area contributed by atoms with E-state index in [1.165, 1.54) is 33.8 Å². The number of nitrogens with zero attached hydrogens (tertiary/aromatic N) is 1.